The number of anilines is 1. The van der Waals surface area contributed by atoms with Gasteiger partial charge < -0.3 is 19.7 Å². The fourth-order valence-electron chi connectivity index (χ4n) is 3.95. The average Bonchev–Trinajstić information content (AvgIpc) is 3.11. The van der Waals surface area contributed by atoms with Gasteiger partial charge in [-0.1, -0.05) is 34.1 Å². The van der Waals surface area contributed by atoms with E-state index in [1.165, 1.54) is 0 Å². The molecule has 0 aliphatic carbocycles. The van der Waals surface area contributed by atoms with Crippen LogP contribution in [0.3, 0.4) is 0 Å². The molecule has 0 spiro atoms. The van der Waals surface area contributed by atoms with Gasteiger partial charge in [0.2, 0.25) is 0 Å². The van der Waals surface area contributed by atoms with Gasteiger partial charge in [0, 0.05) is 53.3 Å². The number of nitrogens with zero attached hydrogens (tertiary/aromatic N) is 2. The minimum Gasteiger partial charge on any atom is -0.495 e. The van der Waals surface area contributed by atoms with Crippen LogP contribution in [0.1, 0.15) is 11.6 Å². The fraction of sp³-hybridized carbons (Fsp3) is 0.286. The Morgan fingerprint density at radius 2 is 1.93 bits per heavy atom. The molecule has 2 aromatic carbocycles. The number of aliphatic carboxylic acids is 1. The van der Waals surface area contributed by atoms with Crippen LogP contribution in [0.5, 0.6) is 5.75 Å². The molecule has 3 aromatic rings. The number of fused-ring (bicyclic) bond motifs is 1. The summed E-state index contributed by atoms with van der Waals surface area (Å²) in [6, 6.07) is 13.1. The summed E-state index contributed by atoms with van der Waals surface area (Å²) in [7, 11) is 1.67. The quantitative estimate of drug-likeness (QED) is 0.625. The zero-order chi connectivity index (χ0) is 19.7. The molecule has 0 bridgehead atoms. The second kappa shape index (κ2) is 7.85. The van der Waals surface area contributed by atoms with E-state index in [1.807, 2.05) is 53.6 Å². The molecule has 0 radical (unpaired) electrons. The highest BCUT2D eigenvalue weighted by atomic mass is 79.9. The second-order valence-corrected chi connectivity index (χ2v) is 7.79. The molecule has 1 aliphatic rings. The van der Waals surface area contributed by atoms with Gasteiger partial charge in [-0.2, -0.15) is 0 Å². The Morgan fingerprint density at radius 1 is 1.18 bits per heavy atom. The number of carbonyl (C=O) groups is 1. The number of hydrogen-bond donors (Lipinski definition) is 2. The molecule has 1 saturated heterocycles. The van der Waals surface area contributed by atoms with E-state index in [9.17, 15) is 9.90 Å². The Hall–Kier alpha value is -2.51. The van der Waals surface area contributed by atoms with Gasteiger partial charge in [0.05, 0.1) is 12.8 Å². The highest BCUT2D eigenvalue weighted by Gasteiger charge is 2.32. The molecule has 1 fully saturated rings. The number of ether oxygens (including phenoxy) is 1. The zero-order valence-electron chi connectivity index (χ0n) is 15.6. The van der Waals surface area contributed by atoms with Gasteiger partial charge in [0.15, 0.2) is 0 Å². The number of carboxylic acids is 1. The van der Waals surface area contributed by atoms with Gasteiger partial charge in [-0.3, -0.25) is 9.69 Å². The van der Waals surface area contributed by atoms with Crippen LogP contribution in [0.4, 0.5) is 5.69 Å². The van der Waals surface area contributed by atoms with Gasteiger partial charge in [0.25, 0.3) is 0 Å². The first-order valence-corrected chi connectivity index (χ1v) is 9.99. The molecule has 0 amide bonds. The minimum atomic E-state index is -0.824. The Bertz CT molecular complexity index is 995. The Balaban J connectivity index is 1.56. The number of hydrogen-bond acceptors (Lipinski definition) is 4. The molecule has 146 valence electrons. The van der Waals surface area contributed by atoms with E-state index < -0.39 is 12.0 Å². The lowest BCUT2D eigenvalue weighted by Crippen LogP contribution is -2.49. The summed E-state index contributed by atoms with van der Waals surface area (Å²) in [4.78, 5) is 19.7. The van der Waals surface area contributed by atoms with Gasteiger partial charge in [-0.05, 0) is 24.3 Å². The first-order chi connectivity index (χ1) is 13.6. The van der Waals surface area contributed by atoms with Gasteiger partial charge in [-0.25, -0.2) is 0 Å². The van der Waals surface area contributed by atoms with Crippen LogP contribution < -0.4 is 9.64 Å². The second-order valence-electron chi connectivity index (χ2n) is 6.87. The first-order valence-electron chi connectivity index (χ1n) is 9.20. The summed E-state index contributed by atoms with van der Waals surface area (Å²) >= 11 is 3.46. The molecule has 1 aliphatic heterocycles. The highest BCUT2D eigenvalue weighted by molar-refractivity contribution is 9.10. The van der Waals surface area contributed by atoms with Crippen molar-refractivity contribution in [1.82, 2.24) is 9.88 Å². The SMILES string of the molecule is COc1ccccc1N1CCN(C(C(=O)O)c2c[nH]c3cc(Br)ccc23)CC1. The molecular formula is C21H22BrN3O3. The molecule has 1 aromatic heterocycles. The number of methoxy groups -OCH3 is 1. The highest BCUT2D eigenvalue weighted by Crippen LogP contribution is 2.33. The molecular weight excluding hydrogens is 422 g/mol. The van der Waals surface area contributed by atoms with Crippen LogP contribution in [0.25, 0.3) is 10.9 Å². The Labute approximate surface area is 171 Å². The number of piperazine rings is 1. The number of aromatic nitrogens is 1. The van der Waals surface area contributed by atoms with E-state index in [1.54, 1.807) is 7.11 Å². The molecule has 6 nitrogen and oxygen atoms in total. The molecule has 4 rings (SSSR count). The van der Waals surface area contributed by atoms with E-state index >= 15 is 0 Å². The number of carboxylic acid groups (broad SMARTS) is 1. The molecule has 7 heteroatoms. The van der Waals surface area contributed by atoms with Gasteiger partial charge in [-0.15, -0.1) is 0 Å². The van der Waals surface area contributed by atoms with Gasteiger partial charge in [0.1, 0.15) is 11.8 Å². The van der Waals surface area contributed by atoms with Crippen molar-refractivity contribution in [3.8, 4) is 5.75 Å². The maximum Gasteiger partial charge on any atom is 0.325 e. The van der Waals surface area contributed by atoms with E-state index in [0.717, 1.165) is 45.5 Å². The number of para-hydroxylation sites is 2. The molecule has 1 atom stereocenters. The number of benzene rings is 2. The maximum atomic E-state index is 12.2. The van der Waals surface area contributed by atoms with Crippen molar-refractivity contribution >= 4 is 38.5 Å². The lowest BCUT2D eigenvalue weighted by atomic mass is 10.0. The van der Waals surface area contributed by atoms with Crippen LogP contribution in [0, 0.1) is 0 Å². The van der Waals surface area contributed by atoms with E-state index in [2.05, 4.69) is 25.8 Å². The monoisotopic (exact) mass is 443 g/mol. The molecule has 2 heterocycles. The summed E-state index contributed by atoms with van der Waals surface area (Å²) in [5, 5.41) is 10.9. The predicted octanol–water partition coefficient (Wildman–Crippen LogP) is 3.89. The first kappa shape index (κ1) is 18.8. The van der Waals surface area contributed by atoms with Crippen molar-refractivity contribution in [3.63, 3.8) is 0 Å². The zero-order valence-corrected chi connectivity index (χ0v) is 17.1. The Morgan fingerprint density at radius 3 is 2.64 bits per heavy atom. The van der Waals surface area contributed by atoms with E-state index in [-0.39, 0.29) is 0 Å². The largest absolute Gasteiger partial charge is 0.495 e. The third kappa shape index (κ3) is 3.47. The molecule has 0 saturated carbocycles. The van der Waals surface area contributed by atoms with Crippen LogP contribution in [0.2, 0.25) is 0 Å². The summed E-state index contributed by atoms with van der Waals surface area (Å²) in [6.07, 6.45) is 1.82. The molecule has 1 unspecified atom stereocenters. The van der Waals surface area contributed by atoms with Crippen molar-refractivity contribution in [1.29, 1.82) is 0 Å². The number of halogens is 1. The van der Waals surface area contributed by atoms with Gasteiger partial charge >= 0.3 is 5.97 Å². The smallest absolute Gasteiger partial charge is 0.325 e. The van der Waals surface area contributed by atoms with E-state index in [0.29, 0.717) is 13.1 Å². The number of nitrogens with one attached hydrogen (secondary N) is 1. The fourth-order valence-corrected chi connectivity index (χ4v) is 4.31. The van der Waals surface area contributed by atoms with Crippen LogP contribution in [-0.2, 0) is 4.79 Å². The third-order valence-electron chi connectivity index (χ3n) is 5.31. The summed E-state index contributed by atoms with van der Waals surface area (Å²) in [5.41, 5.74) is 2.79. The summed E-state index contributed by atoms with van der Waals surface area (Å²) in [5.74, 6) is 0.0162. The standard InChI is InChI=1S/C21H22BrN3O3/c1-28-19-5-3-2-4-18(19)24-8-10-25(11-9-24)20(21(26)27)16-13-23-17-12-14(22)6-7-15(16)17/h2-7,12-13,20,23H,8-11H2,1H3,(H,26,27). The normalized spacial score (nSPS) is 16.3. The number of rotatable bonds is 5. The van der Waals surface area contributed by atoms with Crippen LogP contribution in [0.15, 0.2) is 53.1 Å². The average molecular weight is 444 g/mol. The minimum absolute atomic E-state index is 0.665. The third-order valence-corrected chi connectivity index (χ3v) is 5.80. The van der Waals surface area contributed by atoms with Crippen molar-refractivity contribution in [2.75, 3.05) is 38.2 Å². The number of H-pyrrole nitrogens is 1. The van der Waals surface area contributed by atoms with Crippen LogP contribution in [-0.4, -0.2) is 54.2 Å². The van der Waals surface area contributed by atoms with Crippen molar-refractivity contribution < 1.29 is 14.6 Å². The van der Waals surface area contributed by atoms with E-state index in [4.69, 9.17) is 4.74 Å². The van der Waals surface area contributed by atoms with Crippen molar-refractivity contribution in [3.05, 3.63) is 58.7 Å². The molecule has 2 N–H and O–H groups in total. The lowest BCUT2D eigenvalue weighted by Gasteiger charge is -2.39. The molecule has 28 heavy (non-hydrogen) atoms. The predicted molar refractivity (Wildman–Crippen MR) is 113 cm³/mol. The van der Waals surface area contributed by atoms with Crippen molar-refractivity contribution in [2.24, 2.45) is 0 Å². The van der Waals surface area contributed by atoms with Crippen LogP contribution >= 0.6 is 15.9 Å². The summed E-state index contributed by atoms with van der Waals surface area (Å²) < 4.78 is 6.43. The Kier molecular flexibility index (Phi) is 5.28. The topological polar surface area (TPSA) is 68.8 Å². The maximum absolute atomic E-state index is 12.2. The van der Waals surface area contributed by atoms with Crippen molar-refractivity contribution in [2.45, 2.75) is 6.04 Å². The summed E-state index contributed by atoms with van der Waals surface area (Å²) in [6.45, 7) is 2.83. The number of aromatic amines is 1. The lowest BCUT2D eigenvalue weighted by molar-refractivity contribution is -0.143.